The van der Waals surface area contributed by atoms with Crippen LogP contribution in [0.1, 0.15) is 28.9 Å². The number of nitrogens with zero attached hydrogens (tertiary/aromatic N) is 3. The molecule has 0 aromatic carbocycles. The van der Waals surface area contributed by atoms with Crippen molar-refractivity contribution >= 4 is 21.4 Å². The van der Waals surface area contributed by atoms with Gasteiger partial charge in [-0.2, -0.15) is 0 Å². The van der Waals surface area contributed by atoms with Gasteiger partial charge < -0.3 is 9.30 Å². The van der Waals surface area contributed by atoms with E-state index in [1.54, 1.807) is 18.1 Å². The fraction of sp³-hybridized carbons (Fsp3) is 0.467. The molecule has 0 saturated carbocycles. The summed E-state index contributed by atoms with van der Waals surface area (Å²) in [7, 11) is -1.20. The molecule has 0 atom stereocenters. The summed E-state index contributed by atoms with van der Waals surface area (Å²) in [6.45, 7) is 1.98. The molecule has 1 aliphatic rings. The molecule has 0 spiro atoms. The number of carbonyl (C=O) groups excluding carboxylic acids is 1. The standard InChI is InChI=1S/C15H19N3O3S/c1-11-3-4-14-16-13(10-18(14)9-11)15(19)17(2)12-5-7-22(20,21)8-6-12/h3-4,9-10,12H,5-8H2,1-2H3. The summed E-state index contributed by atoms with van der Waals surface area (Å²) in [5, 5.41) is 0. The lowest BCUT2D eigenvalue weighted by Crippen LogP contribution is -2.42. The predicted molar refractivity (Wildman–Crippen MR) is 83.7 cm³/mol. The summed E-state index contributed by atoms with van der Waals surface area (Å²) in [4.78, 5) is 18.5. The SMILES string of the molecule is Cc1ccc2nc(C(=O)N(C)C3CCS(=O)(=O)CC3)cn2c1. The molecule has 0 N–H and O–H groups in total. The molecule has 2 aromatic rings. The van der Waals surface area contributed by atoms with E-state index in [-0.39, 0.29) is 23.5 Å². The Morgan fingerprint density at radius 3 is 2.64 bits per heavy atom. The first-order valence-electron chi connectivity index (χ1n) is 7.29. The third-order valence-corrected chi connectivity index (χ3v) is 5.93. The van der Waals surface area contributed by atoms with Gasteiger partial charge in [0, 0.05) is 25.5 Å². The van der Waals surface area contributed by atoms with Crippen LogP contribution in [0.2, 0.25) is 0 Å². The molecule has 3 heterocycles. The van der Waals surface area contributed by atoms with Crippen LogP contribution < -0.4 is 0 Å². The molecule has 3 rings (SSSR count). The van der Waals surface area contributed by atoms with Crippen LogP contribution in [0.4, 0.5) is 0 Å². The molecule has 0 unspecified atom stereocenters. The van der Waals surface area contributed by atoms with Gasteiger partial charge in [-0.15, -0.1) is 0 Å². The number of imidazole rings is 1. The van der Waals surface area contributed by atoms with Crippen LogP contribution in [-0.4, -0.2) is 53.2 Å². The zero-order valence-electron chi connectivity index (χ0n) is 12.7. The predicted octanol–water partition coefficient (Wildman–Crippen LogP) is 1.29. The van der Waals surface area contributed by atoms with Crippen molar-refractivity contribution in [2.24, 2.45) is 0 Å². The smallest absolute Gasteiger partial charge is 0.274 e. The van der Waals surface area contributed by atoms with Gasteiger partial charge >= 0.3 is 0 Å². The fourth-order valence-corrected chi connectivity index (χ4v) is 4.28. The van der Waals surface area contributed by atoms with Gasteiger partial charge in [-0.3, -0.25) is 4.79 Å². The van der Waals surface area contributed by atoms with Crippen LogP contribution in [0.25, 0.3) is 5.65 Å². The summed E-state index contributed by atoms with van der Waals surface area (Å²) in [5.41, 5.74) is 2.21. The first-order chi connectivity index (χ1) is 10.4. The molecule has 0 radical (unpaired) electrons. The van der Waals surface area contributed by atoms with Crippen molar-refractivity contribution in [2.45, 2.75) is 25.8 Å². The Labute approximate surface area is 129 Å². The summed E-state index contributed by atoms with van der Waals surface area (Å²) >= 11 is 0. The van der Waals surface area contributed by atoms with E-state index in [9.17, 15) is 13.2 Å². The lowest BCUT2D eigenvalue weighted by Gasteiger charge is -2.30. The number of amides is 1. The Balaban J connectivity index is 1.80. The number of pyridine rings is 1. The number of hydrogen-bond acceptors (Lipinski definition) is 4. The topological polar surface area (TPSA) is 71.8 Å². The number of fused-ring (bicyclic) bond motifs is 1. The molecular weight excluding hydrogens is 302 g/mol. The highest BCUT2D eigenvalue weighted by molar-refractivity contribution is 7.91. The minimum absolute atomic E-state index is 0.0393. The summed E-state index contributed by atoms with van der Waals surface area (Å²) in [5.74, 6) is 0.143. The molecule has 0 bridgehead atoms. The first-order valence-corrected chi connectivity index (χ1v) is 9.11. The third-order valence-electron chi connectivity index (χ3n) is 4.21. The van der Waals surface area contributed by atoms with Crippen LogP contribution in [-0.2, 0) is 9.84 Å². The molecule has 1 saturated heterocycles. The molecule has 7 heteroatoms. The van der Waals surface area contributed by atoms with Crippen LogP contribution in [0, 0.1) is 6.92 Å². The zero-order chi connectivity index (χ0) is 15.9. The van der Waals surface area contributed by atoms with E-state index < -0.39 is 9.84 Å². The van der Waals surface area contributed by atoms with Gasteiger partial charge in [0.25, 0.3) is 5.91 Å². The lowest BCUT2D eigenvalue weighted by molar-refractivity contribution is 0.0716. The molecule has 0 aliphatic carbocycles. The molecular formula is C15H19N3O3S. The second-order valence-electron chi connectivity index (χ2n) is 5.90. The number of aryl methyl sites for hydroxylation is 1. The van der Waals surface area contributed by atoms with E-state index in [0.717, 1.165) is 11.2 Å². The minimum atomic E-state index is -2.92. The van der Waals surface area contributed by atoms with Gasteiger partial charge in [0.1, 0.15) is 21.2 Å². The first kappa shape index (κ1) is 15.0. The molecule has 1 amide bonds. The average molecular weight is 321 g/mol. The van der Waals surface area contributed by atoms with Crippen molar-refractivity contribution in [2.75, 3.05) is 18.6 Å². The second kappa shape index (κ2) is 5.39. The summed E-state index contributed by atoms with van der Waals surface area (Å²) < 4.78 is 24.8. The van der Waals surface area contributed by atoms with E-state index >= 15 is 0 Å². The van der Waals surface area contributed by atoms with Gasteiger partial charge in [0.05, 0.1) is 11.5 Å². The molecule has 1 aliphatic heterocycles. The quantitative estimate of drug-likeness (QED) is 0.835. The normalized spacial score (nSPS) is 18.5. The number of aromatic nitrogens is 2. The molecule has 118 valence electrons. The summed E-state index contributed by atoms with van der Waals surface area (Å²) in [6, 6.07) is 3.79. The highest BCUT2D eigenvalue weighted by Crippen LogP contribution is 2.19. The minimum Gasteiger partial charge on any atom is -0.337 e. The molecule has 6 nitrogen and oxygen atoms in total. The Kier molecular flexibility index (Phi) is 3.68. The number of hydrogen-bond donors (Lipinski definition) is 0. The van der Waals surface area contributed by atoms with Crippen molar-refractivity contribution in [3.63, 3.8) is 0 Å². The van der Waals surface area contributed by atoms with Crippen molar-refractivity contribution in [3.05, 3.63) is 35.8 Å². The monoisotopic (exact) mass is 321 g/mol. The molecule has 1 fully saturated rings. The van der Waals surface area contributed by atoms with Gasteiger partial charge in [0.15, 0.2) is 0 Å². The van der Waals surface area contributed by atoms with Gasteiger partial charge in [-0.25, -0.2) is 13.4 Å². The largest absolute Gasteiger partial charge is 0.337 e. The van der Waals surface area contributed by atoms with Crippen LogP contribution in [0.3, 0.4) is 0 Å². The Hall–Kier alpha value is -1.89. The van der Waals surface area contributed by atoms with Gasteiger partial charge in [-0.05, 0) is 31.4 Å². The number of rotatable bonds is 2. The van der Waals surface area contributed by atoms with Crippen molar-refractivity contribution in [1.82, 2.24) is 14.3 Å². The van der Waals surface area contributed by atoms with Crippen LogP contribution >= 0.6 is 0 Å². The van der Waals surface area contributed by atoms with E-state index in [1.807, 2.05) is 29.7 Å². The maximum Gasteiger partial charge on any atom is 0.274 e. The highest BCUT2D eigenvalue weighted by atomic mass is 32.2. The Bertz CT molecular complexity index is 812. The van der Waals surface area contributed by atoms with Crippen LogP contribution in [0.15, 0.2) is 24.5 Å². The number of sulfone groups is 1. The van der Waals surface area contributed by atoms with Crippen molar-refractivity contribution in [1.29, 1.82) is 0 Å². The van der Waals surface area contributed by atoms with E-state index in [2.05, 4.69) is 4.98 Å². The molecule has 22 heavy (non-hydrogen) atoms. The van der Waals surface area contributed by atoms with Crippen molar-refractivity contribution in [3.8, 4) is 0 Å². The lowest BCUT2D eigenvalue weighted by atomic mass is 10.1. The van der Waals surface area contributed by atoms with E-state index in [4.69, 9.17) is 0 Å². The van der Waals surface area contributed by atoms with Crippen LogP contribution in [0.5, 0.6) is 0 Å². The fourth-order valence-electron chi connectivity index (χ4n) is 2.82. The van der Waals surface area contributed by atoms with Crippen molar-refractivity contribution < 1.29 is 13.2 Å². The Morgan fingerprint density at radius 1 is 1.27 bits per heavy atom. The average Bonchev–Trinajstić information content (AvgIpc) is 2.88. The van der Waals surface area contributed by atoms with E-state index in [1.165, 1.54) is 0 Å². The molecule has 2 aromatic heterocycles. The second-order valence-corrected chi connectivity index (χ2v) is 8.20. The Morgan fingerprint density at radius 2 is 1.95 bits per heavy atom. The summed E-state index contributed by atoms with van der Waals surface area (Å²) in [6.07, 6.45) is 4.64. The number of carbonyl (C=O) groups is 1. The maximum absolute atomic E-state index is 12.6. The van der Waals surface area contributed by atoms with Gasteiger partial charge in [0.2, 0.25) is 0 Å². The zero-order valence-corrected chi connectivity index (χ0v) is 13.5. The van der Waals surface area contributed by atoms with Gasteiger partial charge in [-0.1, -0.05) is 6.07 Å². The highest BCUT2D eigenvalue weighted by Gasteiger charge is 2.29. The van der Waals surface area contributed by atoms with E-state index in [0.29, 0.717) is 18.5 Å². The third kappa shape index (κ3) is 2.85. The maximum atomic E-state index is 12.6.